The van der Waals surface area contributed by atoms with E-state index in [1.165, 1.54) is 40.6 Å². The summed E-state index contributed by atoms with van der Waals surface area (Å²) in [6.45, 7) is 1.45. The van der Waals surface area contributed by atoms with Gasteiger partial charge in [0.15, 0.2) is 0 Å². The second-order valence-corrected chi connectivity index (χ2v) is 9.49. The van der Waals surface area contributed by atoms with Gasteiger partial charge in [-0.25, -0.2) is 0 Å². The number of rotatable bonds is 4. The van der Waals surface area contributed by atoms with Crippen LogP contribution in [-0.4, -0.2) is 35.0 Å². The summed E-state index contributed by atoms with van der Waals surface area (Å²) < 4.78 is 6.49. The minimum Gasteiger partial charge on any atom is -0.490 e. The van der Waals surface area contributed by atoms with Crippen molar-refractivity contribution in [2.45, 2.75) is 44.6 Å². The van der Waals surface area contributed by atoms with Crippen LogP contribution in [0.2, 0.25) is 0 Å². The highest BCUT2D eigenvalue weighted by molar-refractivity contribution is 6.00. The molecule has 0 unspecified atom stereocenters. The molecule has 1 fully saturated rings. The zero-order valence-corrected chi connectivity index (χ0v) is 19.4. The fourth-order valence-electron chi connectivity index (χ4n) is 5.63. The molecule has 1 N–H and O–H groups in total. The summed E-state index contributed by atoms with van der Waals surface area (Å²) >= 11 is 0. The van der Waals surface area contributed by atoms with Crippen LogP contribution >= 0.6 is 0 Å². The standard InChI is InChI=1S/C30H30N2O2/c33-30(21-9-2-1-3-10-21)32-19-17-25-26(18-20-32)31-27-15-8-14-24(29(25)27)23-13-6-7-16-28(23)34-22-11-4-5-12-22/h1-3,6-10,13-16,22,31H,4-5,11-12,17-20H2. The Balaban J connectivity index is 1.35. The lowest BCUT2D eigenvalue weighted by Crippen LogP contribution is -2.33. The maximum absolute atomic E-state index is 13.1. The van der Waals surface area contributed by atoms with Crippen molar-refractivity contribution in [1.29, 1.82) is 0 Å². The number of benzene rings is 3. The highest BCUT2D eigenvalue weighted by atomic mass is 16.5. The van der Waals surface area contributed by atoms with Gasteiger partial charge in [-0.2, -0.15) is 0 Å². The lowest BCUT2D eigenvalue weighted by Gasteiger charge is -2.20. The Kier molecular flexibility index (Phi) is 5.58. The van der Waals surface area contributed by atoms with Crippen molar-refractivity contribution >= 4 is 16.8 Å². The highest BCUT2D eigenvalue weighted by Crippen LogP contribution is 2.39. The molecule has 4 nitrogen and oxygen atoms in total. The van der Waals surface area contributed by atoms with Crippen LogP contribution < -0.4 is 4.74 Å². The Morgan fingerprint density at radius 1 is 0.824 bits per heavy atom. The Labute approximate surface area is 200 Å². The number of ether oxygens (including phenoxy) is 1. The summed E-state index contributed by atoms with van der Waals surface area (Å²) in [6.07, 6.45) is 6.80. The van der Waals surface area contributed by atoms with E-state index in [9.17, 15) is 4.79 Å². The van der Waals surface area contributed by atoms with Crippen molar-refractivity contribution in [2.75, 3.05) is 13.1 Å². The molecule has 3 aromatic carbocycles. The van der Waals surface area contributed by atoms with E-state index in [0.717, 1.165) is 55.6 Å². The third kappa shape index (κ3) is 3.87. The van der Waals surface area contributed by atoms with Crippen molar-refractivity contribution in [3.63, 3.8) is 0 Å². The maximum atomic E-state index is 13.1. The summed E-state index contributed by atoms with van der Waals surface area (Å²) in [4.78, 5) is 18.8. The number of amides is 1. The molecule has 2 aliphatic rings. The molecule has 34 heavy (non-hydrogen) atoms. The van der Waals surface area contributed by atoms with E-state index < -0.39 is 0 Å². The molecule has 1 aliphatic carbocycles. The zero-order valence-electron chi connectivity index (χ0n) is 19.4. The van der Waals surface area contributed by atoms with E-state index >= 15 is 0 Å². The van der Waals surface area contributed by atoms with E-state index in [1.807, 2.05) is 35.2 Å². The zero-order chi connectivity index (χ0) is 22.9. The molecule has 2 heterocycles. The van der Waals surface area contributed by atoms with Crippen molar-refractivity contribution in [1.82, 2.24) is 9.88 Å². The fourth-order valence-corrected chi connectivity index (χ4v) is 5.63. The van der Waals surface area contributed by atoms with Crippen LogP contribution in [0.25, 0.3) is 22.0 Å². The second-order valence-electron chi connectivity index (χ2n) is 9.49. The van der Waals surface area contributed by atoms with E-state index in [4.69, 9.17) is 4.74 Å². The molecule has 172 valence electrons. The topological polar surface area (TPSA) is 45.3 Å². The molecule has 0 radical (unpaired) electrons. The molecule has 0 spiro atoms. The first-order chi connectivity index (χ1) is 16.8. The van der Waals surface area contributed by atoms with Gasteiger partial charge in [0.2, 0.25) is 0 Å². The van der Waals surface area contributed by atoms with Gasteiger partial charge in [0, 0.05) is 47.2 Å². The Morgan fingerprint density at radius 3 is 2.41 bits per heavy atom. The summed E-state index contributed by atoms with van der Waals surface area (Å²) in [6, 6.07) is 24.6. The molecular weight excluding hydrogens is 420 g/mol. The van der Waals surface area contributed by atoms with Crippen molar-refractivity contribution in [2.24, 2.45) is 0 Å². The molecule has 0 saturated heterocycles. The van der Waals surface area contributed by atoms with Crippen LogP contribution in [0.4, 0.5) is 0 Å². The van der Waals surface area contributed by atoms with Gasteiger partial charge < -0.3 is 14.6 Å². The summed E-state index contributed by atoms with van der Waals surface area (Å²) in [7, 11) is 0. The van der Waals surface area contributed by atoms with Gasteiger partial charge in [-0.1, -0.05) is 48.5 Å². The molecule has 1 saturated carbocycles. The summed E-state index contributed by atoms with van der Waals surface area (Å²) in [5.41, 5.74) is 6.89. The number of hydrogen-bond acceptors (Lipinski definition) is 2. The number of para-hydroxylation sites is 1. The molecular formula is C30H30N2O2. The van der Waals surface area contributed by atoms with Crippen molar-refractivity contribution in [3.05, 3.63) is 89.6 Å². The van der Waals surface area contributed by atoms with Crippen LogP contribution in [0.5, 0.6) is 5.75 Å². The number of aromatic nitrogens is 1. The van der Waals surface area contributed by atoms with E-state index in [1.54, 1.807) is 0 Å². The molecule has 4 aromatic rings. The second kappa shape index (κ2) is 9.02. The molecule has 1 amide bonds. The minimum atomic E-state index is 0.116. The molecule has 1 aromatic heterocycles. The Bertz CT molecular complexity index is 1320. The molecule has 4 heteroatoms. The summed E-state index contributed by atoms with van der Waals surface area (Å²) in [5.74, 6) is 1.09. The van der Waals surface area contributed by atoms with Crippen LogP contribution in [0.15, 0.2) is 72.8 Å². The number of carbonyl (C=O) groups is 1. The number of nitrogens with one attached hydrogen (secondary N) is 1. The van der Waals surface area contributed by atoms with Gasteiger partial charge in [0.25, 0.3) is 5.91 Å². The monoisotopic (exact) mass is 450 g/mol. The van der Waals surface area contributed by atoms with Crippen LogP contribution in [-0.2, 0) is 12.8 Å². The van der Waals surface area contributed by atoms with Gasteiger partial charge in [0.1, 0.15) is 5.75 Å². The van der Waals surface area contributed by atoms with Gasteiger partial charge in [-0.15, -0.1) is 0 Å². The number of aromatic amines is 1. The van der Waals surface area contributed by atoms with Gasteiger partial charge in [0.05, 0.1) is 6.10 Å². The Hall–Kier alpha value is -3.53. The average molecular weight is 451 g/mol. The van der Waals surface area contributed by atoms with Crippen molar-refractivity contribution in [3.8, 4) is 16.9 Å². The molecule has 1 aliphatic heterocycles. The van der Waals surface area contributed by atoms with Crippen LogP contribution in [0.1, 0.15) is 47.3 Å². The minimum absolute atomic E-state index is 0.116. The first kappa shape index (κ1) is 21.0. The Morgan fingerprint density at radius 2 is 1.56 bits per heavy atom. The lowest BCUT2D eigenvalue weighted by atomic mass is 9.96. The highest BCUT2D eigenvalue weighted by Gasteiger charge is 2.25. The molecule has 0 atom stereocenters. The van der Waals surface area contributed by atoms with Gasteiger partial charge >= 0.3 is 0 Å². The predicted molar refractivity (Wildman–Crippen MR) is 136 cm³/mol. The molecule has 6 rings (SSSR count). The van der Waals surface area contributed by atoms with Gasteiger partial charge in [-0.3, -0.25) is 4.79 Å². The number of fused-ring (bicyclic) bond motifs is 3. The largest absolute Gasteiger partial charge is 0.490 e. The van der Waals surface area contributed by atoms with Gasteiger partial charge in [-0.05, 0) is 67.5 Å². The summed E-state index contributed by atoms with van der Waals surface area (Å²) in [5, 5.41) is 1.27. The third-order valence-corrected chi connectivity index (χ3v) is 7.36. The quantitative estimate of drug-likeness (QED) is 0.391. The number of hydrogen-bond donors (Lipinski definition) is 1. The first-order valence-electron chi connectivity index (χ1n) is 12.5. The normalized spacial score (nSPS) is 16.4. The van der Waals surface area contributed by atoms with E-state index in [2.05, 4.69) is 47.4 Å². The third-order valence-electron chi connectivity index (χ3n) is 7.36. The predicted octanol–water partition coefficient (Wildman–Crippen LogP) is 6.40. The van der Waals surface area contributed by atoms with E-state index in [0.29, 0.717) is 6.10 Å². The van der Waals surface area contributed by atoms with E-state index in [-0.39, 0.29) is 5.91 Å². The van der Waals surface area contributed by atoms with Crippen molar-refractivity contribution < 1.29 is 9.53 Å². The molecule has 0 bridgehead atoms. The lowest BCUT2D eigenvalue weighted by molar-refractivity contribution is 0.0763. The number of nitrogens with zero attached hydrogens (tertiary/aromatic N) is 1. The number of carbonyl (C=O) groups excluding carboxylic acids is 1. The SMILES string of the molecule is O=C(c1ccccc1)N1CCc2[nH]c3cccc(-c4ccccc4OC4CCCC4)c3c2CC1. The smallest absolute Gasteiger partial charge is 0.253 e. The van der Waals surface area contributed by atoms with Crippen LogP contribution in [0.3, 0.4) is 0 Å². The first-order valence-corrected chi connectivity index (χ1v) is 12.5. The average Bonchev–Trinajstić information content (AvgIpc) is 3.47. The maximum Gasteiger partial charge on any atom is 0.253 e. The number of H-pyrrole nitrogens is 1. The fraction of sp³-hybridized carbons (Fsp3) is 0.300. The van der Waals surface area contributed by atoms with Crippen LogP contribution in [0, 0.1) is 0 Å².